The molecule has 0 aromatic rings. The van der Waals surface area contributed by atoms with E-state index in [1.54, 1.807) is 27.7 Å². The molecular weight excluding hydrogens is 242 g/mol. The number of rotatable bonds is 6. The zero-order valence-corrected chi connectivity index (χ0v) is 12.1. The molecule has 0 spiro atoms. The monoisotopic (exact) mass is 265 g/mol. The summed E-state index contributed by atoms with van der Waals surface area (Å²) >= 11 is 0. The van der Waals surface area contributed by atoms with Crippen molar-refractivity contribution in [3.8, 4) is 0 Å². The van der Waals surface area contributed by atoms with Crippen molar-refractivity contribution in [2.24, 2.45) is 0 Å². The number of esters is 1. The lowest BCUT2D eigenvalue weighted by Gasteiger charge is -2.22. The number of hydrogen-bond acceptors (Lipinski definition) is 5. The van der Waals surface area contributed by atoms with Crippen molar-refractivity contribution in [2.45, 2.75) is 45.8 Å². The summed E-state index contributed by atoms with van der Waals surface area (Å²) in [6, 6.07) is -0.422. The van der Waals surface area contributed by atoms with Crippen molar-refractivity contribution in [3.63, 3.8) is 0 Å². The average Bonchev–Trinajstić information content (AvgIpc) is 2.07. The van der Waals surface area contributed by atoms with Gasteiger partial charge in [-0.1, -0.05) is 0 Å². The molecule has 1 atom stereocenters. The summed E-state index contributed by atoms with van der Waals surface area (Å²) in [6.45, 7) is 7.60. The van der Waals surface area contributed by atoms with Crippen molar-refractivity contribution in [1.29, 1.82) is 0 Å². The van der Waals surface area contributed by atoms with Gasteiger partial charge in [0.05, 0.1) is 5.75 Å². The molecule has 0 rings (SSSR count). The zero-order chi connectivity index (χ0) is 13.7. The fourth-order valence-electron chi connectivity index (χ4n) is 1.13. The molecule has 0 bridgehead atoms. The highest BCUT2D eigenvalue weighted by Crippen LogP contribution is 2.08. The molecule has 0 saturated heterocycles. The summed E-state index contributed by atoms with van der Waals surface area (Å²) < 4.78 is 26.9. The van der Waals surface area contributed by atoms with Crippen LogP contribution in [0.2, 0.25) is 0 Å². The van der Waals surface area contributed by atoms with E-state index in [-0.39, 0.29) is 11.7 Å². The van der Waals surface area contributed by atoms with Gasteiger partial charge in [0.2, 0.25) is 0 Å². The molecule has 0 aliphatic carbocycles. The normalized spacial score (nSPS) is 14.4. The van der Waals surface area contributed by atoms with Gasteiger partial charge in [-0.25, -0.2) is 8.42 Å². The predicted molar refractivity (Wildman–Crippen MR) is 67.6 cm³/mol. The van der Waals surface area contributed by atoms with Gasteiger partial charge in [-0.3, -0.25) is 4.79 Å². The zero-order valence-electron chi connectivity index (χ0n) is 11.2. The predicted octanol–water partition coefficient (Wildman–Crippen LogP) is 0.741. The molecule has 0 fully saturated rings. The highest BCUT2D eigenvalue weighted by Gasteiger charge is 2.20. The SMILES string of the molecule is CC(NCCCS(C)(=O)=O)C(=O)OC(C)(C)C. The standard InChI is InChI=1S/C11H23NO4S/c1-9(10(13)16-11(2,3)4)12-7-6-8-17(5,14)15/h9,12H,6-8H2,1-5H3. The van der Waals surface area contributed by atoms with Gasteiger partial charge in [-0.2, -0.15) is 0 Å². The maximum absolute atomic E-state index is 11.5. The van der Waals surface area contributed by atoms with Crippen LogP contribution in [0.1, 0.15) is 34.1 Å². The van der Waals surface area contributed by atoms with E-state index in [1.165, 1.54) is 6.26 Å². The molecule has 0 aliphatic rings. The lowest BCUT2D eigenvalue weighted by molar-refractivity contribution is -0.156. The average molecular weight is 265 g/mol. The Hall–Kier alpha value is -0.620. The molecule has 0 saturated carbocycles. The quantitative estimate of drug-likeness (QED) is 0.566. The maximum atomic E-state index is 11.5. The summed E-state index contributed by atoms with van der Waals surface area (Å²) in [5.41, 5.74) is -0.500. The smallest absolute Gasteiger partial charge is 0.323 e. The molecular formula is C11H23NO4S. The van der Waals surface area contributed by atoms with E-state index in [0.717, 1.165) is 0 Å². The topological polar surface area (TPSA) is 72.5 Å². The Morgan fingerprint density at radius 2 is 1.88 bits per heavy atom. The maximum Gasteiger partial charge on any atom is 0.323 e. The van der Waals surface area contributed by atoms with Crippen LogP contribution in [0.5, 0.6) is 0 Å². The highest BCUT2D eigenvalue weighted by atomic mass is 32.2. The van der Waals surface area contributed by atoms with Gasteiger partial charge in [0.15, 0.2) is 0 Å². The number of nitrogens with one attached hydrogen (secondary N) is 1. The molecule has 0 radical (unpaired) electrons. The number of carbonyl (C=O) groups excluding carboxylic acids is 1. The first-order valence-corrected chi connectivity index (χ1v) is 7.71. The van der Waals surface area contributed by atoms with Crippen LogP contribution in [-0.2, 0) is 19.4 Å². The van der Waals surface area contributed by atoms with Gasteiger partial charge in [0.25, 0.3) is 0 Å². The molecule has 0 aliphatic heterocycles. The summed E-state index contributed by atoms with van der Waals surface area (Å²) in [5, 5.41) is 2.94. The van der Waals surface area contributed by atoms with Crippen molar-refractivity contribution in [2.75, 3.05) is 18.6 Å². The Kier molecular flexibility index (Phi) is 6.12. The Labute approximate surface area is 104 Å². The number of hydrogen-bond donors (Lipinski definition) is 1. The van der Waals surface area contributed by atoms with Crippen LogP contribution >= 0.6 is 0 Å². The van der Waals surface area contributed by atoms with E-state index < -0.39 is 21.5 Å². The third-order valence-corrected chi connectivity index (χ3v) is 2.93. The molecule has 102 valence electrons. The van der Waals surface area contributed by atoms with Gasteiger partial charge in [0.1, 0.15) is 21.5 Å². The van der Waals surface area contributed by atoms with Crippen LogP contribution < -0.4 is 5.32 Å². The van der Waals surface area contributed by atoms with Crippen LogP contribution in [0.15, 0.2) is 0 Å². The molecule has 5 nitrogen and oxygen atoms in total. The molecule has 1 unspecified atom stereocenters. The summed E-state index contributed by atoms with van der Waals surface area (Å²) in [4.78, 5) is 11.5. The minimum absolute atomic E-state index is 0.126. The summed E-state index contributed by atoms with van der Waals surface area (Å²) in [6.07, 6.45) is 1.69. The second-order valence-electron chi connectivity index (χ2n) is 5.19. The second kappa shape index (κ2) is 6.35. The summed E-state index contributed by atoms with van der Waals surface area (Å²) in [5.74, 6) is -0.196. The third kappa shape index (κ3) is 10.3. The minimum Gasteiger partial charge on any atom is -0.459 e. The molecule has 6 heteroatoms. The van der Waals surface area contributed by atoms with E-state index >= 15 is 0 Å². The molecule has 0 aromatic carbocycles. The van der Waals surface area contributed by atoms with Crippen LogP contribution in [0.4, 0.5) is 0 Å². The molecule has 1 N–H and O–H groups in total. The van der Waals surface area contributed by atoms with Crippen LogP contribution in [0.3, 0.4) is 0 Å². The Morgan fingerprint density at radius 3 is 2.29 bits per heavy atom. The van der Waals surface area contributed by atoms with Gasteiger partial charge in [0, 0.05) is 6.26 Å². The van der Waals surface area contributed by atoms with Gasteiger partial charge in [-0.05, 0) is 40.7 Å². The molecule has 0 heterocycles. The second-order valence-corrected chi connectivity index (χ2v) is 7.45. The Balaban J connectivity index is 3.87. The Bertz CT molecular complexity index is 343. The fourth-order valence-corrected chi connectivity index (χ4v) is 1.80. The van der Waals surface area contributed by atoms with Crippen molar-refractivity contribution >= 4 is 15.8 Å². The lowest BCUT2D eigenvalue weighted by atomic mass is 10.2. The fraction of sp³-hybridized carbons (Fsp3) is 0.909. The molecule has 0 aromatic heterocycles. The van der Waals surface area contributed by atoms with Crippen molar-refractivity contribution in [3.05, 3.63) is 0 Å². The van der Waals surface area contributed by atoms with E-state index in [1.807, 2.05) is 0 Å². The van der Waals surface area contributed by atoms with E-state index in [2.05, 4.69) is 5.32 Å². The highest BCUT2D eigenvalue weighted by molar-refractivity contribution is 7.90. The Morgan fingerprint density at radius 1 is 1.35 bits per heavy atom. The lowest BCUT2D eigenvalue weighted by Crippen LogP contribution is -2.39. The third-order valence-electron chi connectivity index (χ3n) is 1.90. The van der Waals surface area contributed by atoms with Gasteiger partial charge < -0.3 is 10.1 Å². The van der Waals surface area contributed by atoms with E-state index in [4.69, 9.17) is 4.74 Å². The van der Waals surface area contributed by atoms with Gasteiger partial charge in [-0.15, -0.1) is 0 Å². The minimum atomic E-state index is -2.93. The van der Waals surface area contributed by atoms with Crippen LogP contribution in [-0.4, -0.2) is 44.6 Å². The molecule has 0 amide bonds. The van der Waals surface area contributed by atoms with E-state index in [9.17, 15) is 13.2 Å². The number of sulfone groups is 1. The van der Waals surface area contributed by atoms with E-state index in [0.29, 0.717) is 13.0 Å². The number of ether oxygens (including phenoxy) is 1. The van der Waals surface area contributed by atoms with Crippen molar-refractivity contribution < 1.29 is 17.9 Å². The molecule has 17 heavy (non-hydrogen) atoms. The van der Waals surface area contributed by atoms with Crippen molar-refractivity contribution in [1.82, 2.24) is 5.32 Å². The number of carbonyl (C=O) groups is 1. The first-order chi connectivity index (χ1) is 7.51. The largest absolute Gasteiger partial charge is 0.459 e. The summed E-state index contributed by atoms with van der Waals surface area (Å²) in [7, 11) is -2.93. The first kappa shape index (κ1) is 16.4. The van der Waals surface area contributed by atoms with Crippen LogP contribution in [0.25, 0.3) is 0 Å². The van der Waals surface area contributed by atoms with Crippen LogP contribution in [0, 0.1) is 0 Å². The first-order valence-electron chi connectivity index (χ1n) is 5.65. The van der Waals surface area contributed by atoms with Gasteiger partial charge >= 0.3 is 5.97 Å².